The molecule has 2 N–H and O–H groups in total. The highest BCUT2D eigenvalue weighted by Gasteiger charge is 2.27. The quantitative estimate of drug-likeness (QED) is 0.226. The van der Waals surface area contributed by atoms with Crippen LogP contribution in [0.25, 0.3) is 0 Å². The summed E-state index contributed by atoms with van der Waals surface area (Å²) in [5, 5.41) is 18.0. The molecule has 0 spiro atoms. The third-order valence-corrected chi connectivity index (χ3v) is 5.53. The molecule has 2 aromatic rings. The molecule has 0 saturated carbocycles. The monoisotopic (exact) mass is 467 g/mol. The summed E-state index contributed by atoms with van der Waals surface area (Å²) in [7, 11) is 0. The van der Waals surface area contributed by atoms with E-state index in [1.54, 1.807) is 30.3 Å². The second-order valence-electron chi connectivity index (χ2n) is 7.83. The van der Waals surface area contributed by atoms with Gasteiger partial charge in [-0.3, -0.25) is 24.6 Å². The van der Waals surface area contributed by atoms with Crippen molar-refractivity contribution in [2.24, 2.45) is 5.10 Å². The minimum absolute atomic E-state index is 0.0808. The van der Waals surface area contributed by atoms with E-state index in [1.165, 1.54) is 12.3 Å². The zero-order valence-electron chi connectivity index (χ0n) is 18.9. The van der Waals surface area contributed by atoms with Crippen LogP contribution in [0.15, 0.2) is 59.7 Å². The molecule has 1 aliphatic rings. The summed E-state index contributed by atoms with van der Waals surface area (Å²) < 4.78 is 5.40. The van der Waals surface area contributed by atoms with Crippen LogP contribution in [-0.4, -0.2) is 66.7 Å². The van der Waals surface area contributed by atoms with Gasteiger partial charge in [0.05, 0.1) is 36.0 Å². The summed E-state index contributed by atoms with van der Waals surface area (Å²) in [6, 6.07) is 14.8. The number of hydrogen-bond acceptors (Lipinski definition) is 7. The topological polar surface area (TPSA) is 126 Å². The Morgan fingerprint density at radius 2 is 1.79 bits per heavy atom. The lowest BCUT2D eigenvalue weighted by Crippen LogP contribution is -2.50. The van der Waals surface area contributed by atoms with E-state index in [4.69, 9.17) is 4.74 Å². The summed E-state index contributed by atoms with van der Waals surface area (Å²) >= 11 is 0. The highest BCUT2D eigenvalue weighted by molar-refractivity contribution is 5.94. The van der Waals surface area contributed by atoms with Gasteiger partial charge in [-0.2, -0.15) is 5.10 Å². The zero-order valence-corrected chi connectivity index (χ0v) is 18.9. The molecule has 1 fully saturated rings. The SMILES string of the molecule is O=C(NCCCC[C@H](C(=O)N/N=C/c1ccccc1[N+](=O)[O-])N1CCOCC1)c1ccccc1. The molecule has 10 heteroatoms. The summed E-state index contributed by atoms with van der Waals surface area (Å²) in [5.41, 5.74) is 3.38. The lowest BCUT2D eigenvalue weighted by molar-refractivity contribution is -0.385. The van der Waals surface area contributed by atoms with Crippen molar-refractivity contribution in [3.8, 4) is 0 Å². The highest BCUT2D eigenvalue weighted by Crippen LogP contribution is 2.15. The average Bonchev–Trinajstić information content (AvgIpc) is 2.87. The van der Waals surface area contributed by atoms with E-state index >= 15 is 0 Å². The molecule has 0 unspecified atom stereocenters. The molecule has 3 rings (SSSR count). The molecule has 2 aromatic carbocycles. The fourth-order valence-corrected chi connectivity index (χ4v) is 3.73. The number of amides is 2. The van der Waals surface area contributed by atoms with E-state index in [0.29, 0.717) is 50.4 Å². The van der Waals surface area contributed by atoms with Crippen LogP contribution in [0.3, 0.4) is 0 Å². The van der Waals surface area contributed by atoms with Gasteiger partial charge < -0.3 is 10.1 Å². The molecule has 0 aromatic heterocycles. The van der Waals surface area contributed by atoms with Crippen molar-refractivity contribution >= 4 is 23.7 Å². The lowest BCUT2D eigenvalue weighted by atomic mass is 10.1. The van der Waals surface area contributed by atoms with Crippen molar-refractivity contribution in [1.29, 1.82) is 0 Å². The van der Waals surface area contributed by atoms with E-state index in [2.05, 4.69) is 20.7 Å². The number of morpholine rings is 1. The molecule has 0 bridgehead atoms. The van der Waals surface area contributed by atoms with E-state index in [-0.39, 0.29) is 17.5 Å². The van der Waals surface area contributed by atoms with Gasteiger partial charge in [-0.05, 0) is 37.5 Å². The predicted molar refractivity (Wildman–Crippen MR) is 128 cm³/mol. The fourth-order valence-electron chi connectivity index (χ4n) is 3.73. The van der Waals surface area contributed by atoms with Gasteiger partial charge in [0, 0.05) is 31.3 Å². The Labute approximate surface area is 198 Å². The van der Waals surface area contributed by atoms with E-state index in [9.17, 15) is 19.7 Å². The Morgan fingerprint density at radius 3 is 2.53 bits per heavy atom. The predicted octanol–water partition coefficient (Wildman–Crippen LogP) is 2.35. The Balaban J connectivity index is 1.52. The fraction of sp³-hybridized carbons (Fsp3) is 0.375. The minimum Gasteiger partial charge on any atom is -0.379 e. The summed E-state index contributed by atoms with van der Waals surface area (Å²) in [6.07, 6.45) is 3.34. The van der Waals surface area contributed by atoms with Gasteiger partial charge in [0.15, 0.2) is 0 Å². The maximum absolute atomic E-state index is 12.9. The van der Waals surface area contributed by atoms with Crippen LogP contribution in [0, 0.1) is 10.1 Å². The number of nitro benzene ring substituents is 1. The number of hydrogen-bond donors (Lipinski definition) is 2. The van der Waals surface area contributed by atoms with Gasteiger partial charge >= 0.3 is 0 Å². The number of nitro groups is 1. The number of carbonyl (C=O) groups is 2. The van der Waals surface area contributed by atoms with Crippen LogP contribution in [-0.2, 0) is 9.53 Å². The van der Waals surface area contributed by atoms with Crippen molar-refractivity contribution in [2.45, 2.75) is 25.3 Å². The van der Waals surface area contributed by atoms with Crippen molar-refractivity contribution in [3.63, 3.8) is 0 Å². The van der Waals surface area contributed by atoms with Gasteiger partial charge in [0.25, 0.3) is 17.5 Å². The normalized spacial score (nSPS) is 15.1. The Hall–Kier alpha value is -3.63. The second-order valence-corrected chi connectivity index (χ2v) is 7.83. The number of benzene rings is 2. The Morgan fingerprint density at radius 1 is 1.09 bits per heavy atom. The largest absolute Gasteiger partial charge is 0.379 e. The smallest absolute Gasteiger partial charge is 0.278 e. The molecule has 1 saturated heterocycles. The number of carbonyl (C=O) groups excluding carboxylic acids is 2. The van der Waals surface area contributed by atoms with Crippen LogP contribution < -0.4 is 10.7 Å². The first kappa shape index (κ1) is 25.0. The molecule has 180 valence electrons. The molecule has 1 atom stereocenters. The van der Waals surface area contributed by atoms with Crippen LogP contribution in [0.5, 0.6) is 0 Å². The van der Waals surface area contributed by atoms with Gasteiger partial charge in [0.2, 0.25) is 0 Å². The van der Waals surface area contributed by atoms with Gasteiger partial charge in [0.1, 0.15) is 0 Å². The summed E-state index contributed by atoms with van der Waals surface area (Å²) in [6.45, 7) is 2.89. The number of nitrogens with one attached hydrogen (secondary N) is 2. The maximum Gasteiger partial charge on any atom is 0.278 e. The van der Waals surface area contributed by atoms with E-state index in [1.807, 2.05) is 18.2 Å². The van der Waals surface area contributed by atoms with Crippen molar-refractivity contribution < 1.29 is 19.2 Å². The number of unbranched alkanes of at least 4 members (excludes halogenated alkanes) is 1. The first-order chi connectivity index (χ1) is 16.6. The third kappa shape index (κ3) is 7.46. The molecule has 34 heavy (non-hydrogen) atoms. The standard InChI is InChI=1S/C24H29N5O5/c30-23(19-8-2-1-3-9-19)25-13-7-6-12-22(28-14-16-34-17-15-28)24(31)27-26-18-20-10-4-5-11-21(20)29(32)33/h1-5,8-11,18,22H,6-7,12-17H2,(H,25,30)(H,27,31)/b26-18+/t22-/m1/s1. The Kier molecular flexibility index (Phi) is 9.68. The molecule has 2 amide bonds. The molecule has 1 aliphatic heterocycles. The number of ether oxygens (including phenoxy) is 1. The number of para-hydroxylation sites is 1. The second kappa shape index (κ2) is 13.2. The summed E-state index contributed by atoms with van der Waals surface area (Å²) in [4.78, 5) is 37.7. The lowest BCUT2D eigenvalue weighted by Gasteiger charge is -2.33. The molecule has 0 aliphatic carbocycles. The van der Waals surface area contributed by atoms with E-state index < -0.39 is 11.0 Å². The molecular formula is C24H29N5O5. The first-order valence-corrected chi connectivity index (χ1v) is 11.3. The highest BCUT2D eigenvalue weighted by atomic mass is 16.6. The average molecular weight is 468 g/mol. The maximum atomic E-state index is 12.9. The van der Waals surface area contributed by atoms with Crippen LogP contribution in [0.4, 0.5) is 5.69 Å². The van der Waals surface area contributed by atoms with Gasteiger partial charge in [-0.15, -0.1) is 0 Å². The van der Waals surface area contributed by atoms with Gasteiger partial charge in [-0.1, -0.05) is 30.3 Å². The number of hydrazone groups is 1. The molecule has 0 radical (unpaired) electrons. The van der Waals surface area contributed by atoms with Crippen molar-refractivity contribution in [1.82, 2.24) is 15.6 Å². The molecule has 10 nitrogen and oxygen atoms in total. The first-order valence-electron chi connectivity index (χ1n) is 11.3. The summed E-state index contributed by atoms with van der Waals surface area (Å²) in [5.74, 6) is -0.391. The van der Waals surface area contributed by atoms with E-state index in [0.717, 1.165) is 12.8 Å². The van der Waals surface area contributed by atoms with Crippen molar-refractivity contribution in [3.05, 3.63) is 75.8 Å². The minimum atomic E-state index is -0.490. The van der Waals surface area contributed by atoms with Gasteiger partial charge in [-0.25, -0.2) is 5.43 Å². The molecular weight excluding hydrogens is 438 g/mol. The number of rotatable bonds is 11. The zero-order chi connectivity index (χ0) is 24.2. The van der Waals surface area contributed by atoms with Crippen LogP contribution >= 0.6 is 0 Å². The molecule has 1 heterocycles. The Bertz CT molecular complexity index is 992. The number of nitrogens with zero attached hydrogens (tertiary/aromatic N) is 3. The van der Waals surface area contributed by atoms with Crippen LogP contribution in [0.1, 0.15) is 35.2 Å². The van der Waals surface area contributed by atoms with Crippen LogP contribution in [0.2, 0.25) is 0 Å². The third-order valence-electron chi connectivity index (χ3n) is 5.53. The van der Waals surface area contributed by atoms with Crippen molar-refractivity contribution in [2.75, 3.05) is 32.8 Å².